The molecule has 12 nitrogen and oxygen atoms in total. The smallest absolute Gasteiger partial charge is 0.407 e. The standard InChI is InChI=1S/C25H32N6O6/c26-24(27)28-13-7-12-19(23(34)35)31-22(33)20(14-17-8-3-1-4-9-17)30-21(32)15-29-25(36)37-16-18-10-5-2-6-11-18/h1-6,8-11,19-20H,7,12-16H2,(H,29,36)(H,30,32)(H,31,33)(H,34,35)(H4,26,27,28)/t19-,20-/m0/s1. The van der Waals surface area contributed by atoms with Crippen molar-refractivity contribution in [3.05, 3.63) is 71.8 Å². The van der Waals surface area contributed by atoms with Gasteiger partial charge in [0.1, 0.15) is 25.2 Å². The normalized spacial score (nSPS) is 11.9. The number of carboxylic acid groups (broad SMARTS) is 1. The molecule has 198 valence electrons. The Kier molecular flexibility index (Phi) is 11.9. The number of benzene rings is 2. The number of rotatable bonds is 14. The summed E-state index contributed by atoms with van der Waals surface area (Å²) in [5.74, 6) is -2.67. The maximum atomic E-state index is 13.0. The van der Waals surface area contributed by atoms with Crippen molar-refractivity contribution in [2.45, 2.75) is 38.0 Å². The number of aliphatic imine (C=N–C) groups is 1. The Morgan fingerprint density at radius 1 is 0.892 bits per heavy atom. The number of amides is 3. The van der Waals surface area contributed by atoms with Crippen molar-refractivity contribution in [3.63, 3.8) is 0 Å². The second-order valence-corrected chi connectivity index (χ2v) is 8.07. The Balaban J connectivity index is 1.95. The van der Waals surface area contributed by atoms with Gasteiger partial charge in [0, 0.05) is 13.0 Å². The van der Waals surface area contributed by atoms with Crippen LogP contribution < -0.4 is 27.4 Å². The number of alkyl carbamates (subject to hydrolysis) is 1. The Bertz CT molecular complexity index is 1060. The highest BCUT2D eigenvalue weighted by atomic mass is 16.5. The van der Waals surface area contributed by atoms with Gasteiger partial charge in [-0.05, 0) is 24.0 Å². The van der Waals surface area contributed by atoms with Crippen LogP contribution in [0.2, 0.25) is 0 Å². The molecule has 0 heterocycles. The van der Waals surface area contributed by atoms with Crippen molar-refractivity contribution in [2.24, 2.45) is 16.5 Å². The third-order valence-corrected chi connectivity index (χ3v) is 5.10. The number of nitrogens with two attached hydrogens (primary N) is 2. The summed E-state index contributed by atoms with van der Waals surface area (Å²) in [6, 6.07) is 15.6. The molecule has 0 radical (unpaired) electrons. The van der Waals surface area contributed by atoms with Crippen LogP contribution in [0, 0.1) is 0 Å². The van der Waals surface area contributed by atoms with E-state index in [9.17, 15) is 24.3 Å². The predicted molar refractivity (Wildman–Crippen MR) is 136 cm³/mol. The average molecular weight is 513 g/mol. The fourth-order valence-electron chi connectivity index (χ4n) is 3.26. The molecule has 37 heavy (non-hydrogen) atoms. The van der Waals surface area contributed by atoms with Gasteiger partial charge in [-0.25, -0.2) is 9.59 Å². The second-order valence-electron chi connectivity index (χ2n) is 8.07. The molecule has 0 spiro atoms. The number of carboxylic acids is 1. The van der Waals surface area contributed by atoms with E-state index in [1.807, 2.05) is 6.07 Å². The van der Waals surface area contributed by atoms with Gasteiger partial charge in [0.05, 0.1) is 0 Å². The summed E-state index contributed by atoms with van der Waals surface area (Å²) in [5, 5.41) is 16.9. The molecule has 12 heteroatoms. The molecule has 2 rings (SSSR count). The number of nitrogens with one attached hydrogen (secondary N) is 3. The number of aliphatic carboxylic acids is 1. The van der Waals surface area contributed by atoms with Crippen LogP contribution >= 0.6 is 0 Å². The van der Waals surface area contributed by atoms with E-state index in [2.05, 4.69) is 20.9 Å². The Labute approximate surface area is 214 Å². The van der Waals surface area contributed by atoms with Crippen LogP contribution in [-0.4, -0.2) is 60.1 Å². The molecule has 0 saturated heterocycles. The molecule has 0 bridgehead atoms. The number of hydrogen-bond donors (Lipinski definition) is 6. The first-order valence-electron chi connectivity index (χ1n) is 11.6. The molecule has 0 fully saturated rings. The molecule has 2 aromatic carbocycles. The maximum Gasteiger partial charge on any atom is 0.407 e. The van der Waals surface area contributed by atoms with Gasteiger partial charge in [-0.15, -0.1) is 0 Å². The second kappa shape index (κ2) is 15.4. The Hall–Kier alpha value is -4.61. The summed E-state index contributed by atoms with van der Waals surface area (Å²) in [7, 11) is 0. The summed E-state index contributed by atoms with van der Waals surface area (Å²) in [6.07, 6.45) is -0.287. The van der Waals surface area contributed by atoms with E-state index in [0.717, 1.165) is 11.1 Å². The quantitative estimate of drug-likeness (QED) is 0.118. The van der Waals surface area contributed by atoms with Crippen molar-refractivity contribution in [2.75, 3.05) is 13.1 Å². The maximum absolute atomic E-state index is 13.0. The topological polar surface area (TPSA) is 198 Å². The fourth-order valence-corrected chi connectivity index (χ4v) is 3.26. The molecule has 0 aliphatic heterocycles. The highest BCUT2D eigenvalue weighted by Gasteiger charge is 2.26. The minimum absolute atomic E-state index is 0.0348. The van der Waals surface area contributed by atoms with Crippen LogP contribution in [0.3, 0.4) is 0 Å². The zero-order valence-corrected chi connectivity index (χ0v) is 20.3. The van der Waals surface area contributed by atoms with E-state index in [4.69, 9.17) is 16.2 Å². The lowest BCUT2D eigenvalue weighted by Gasteiger charge is -2.22. The number of ether oxygens (including phenoxy) is 1. The largest absolute Gasteiger partial charge is 0.480 e. The minimum atomic E-state index is -1.23. The van der Waals surface area contributed by atoms with Crippen molar-refractivity contribution >= 4 is 29.8 Å². The summed E-state index contributed by atoms with van der Waals surface area (Å²) in [4.78, 5) is 52.9. The van der Waals surface area contributed by atoms with Crippen molar-refractivity contribution in [3.8, 4) is 0 Å². The highest BCUT2D eigenvalue weighted by molar-refractivity contribution is 5.91. The zero-order chi connectivity index (χ0) is 27.0. The molecule has 0 unspecified atom stereocenters. The van der Waals surface area contributed by atoms with Crippen LogP contribution in [0.4, 0.5) is 4.79 Å². The average Bonchev–Trinajstić information content (AvgIpc) is 2.88. The minimum Gasteiger partial charge on any atom is -0.480 e. The lowest BCUT2D eigenvalue weighted by molar-refractivity contribution is -0.142. The van der Waals surface area contributed by atoms with Crippen LogP contribution in [-0.2, 0) is 32.1 Å². The van der Waals surface area contributed by atoms with E-state index in [0.29, 0.717) is 6.42 Å². The van der Waals surface area contributed by atoms with Gasteiger partial charge in [-0.2, -0.15) is 0 Å². The number of carbonyl (C=O) groups is 4. The first-order chi connectivity index (χ1) is 17.7. The molecular weight excluding hydrogens is 480 g/mol. The monoisotopic (exact) mass is 512 g/mol. The lowest BCUT2D eigenvalue weighted by atomic mass is 10.0. The molecule has 0 saturated carbocycles. The number of carbonyl (C=O) groups excluding carboxylic acids is 3. The van der Waals surface area contributed by atoms with E-state index in [1.54, 1.807) is 54.6 Å². The van der Waals surface area contributed by atoms with Crippen LogP contribution in [0.1, 0.15) is 24.0 Å². The Morgan fingerprint density at radius 2 is 1.51 bits per heavy atom. The molecule has 3 amide bonds. The lowest BCUT2D eigenvalue weighted by Crippen LogP contribution is -2.54. The SMILES string of the molecule is NC(N)=NCCC[C@H](NC(=O)[C@H](Cc1ccccc1)NC(=O)CNC(=O)OCc1ccccc1)C(=O)O. The third kappa shape index (κ3) is 11.6. The highest BCUT2D eigenvalue weighted by Crippen LogP contribution is 2.06. The third-order valence-electron chi connectivity index (χ3n) is 5.10. The van der Waals surface area contributed by atoms with Gasteiger partial charge in [-0.3, -0.25) is 14.6 Å². The van der Waals surface area contributed by atoms with Gasteiger partial charge in [0.2, 0.25) is 11.8 Å². The molecule has 0 aliphatic carbocycles. The van der Waals surface area contributed by atoms with E-state index in [-0.39, 0.29) is 32.0 Å². The summed E-state index contributed by atoms with van der Waals surface area (Å²) >= 11 is 0. The van der Waals surface area contributed by atoms with E-state index in [1.165, 1.54) is 0 Å². The van der Waals surface area contributed by atoms with Crippen molar-refractivity contribution < 1.29 is 29.0 Å². The molecule has 8 N–H and O–H groups in total. The van der Waals surface area contributed by atoms with Gasteiger partial charge < -0.3 is 37.3 Å². The van der Waals surface area contributed by atoms with Crippen LogP contribution in [0.15, 0.2) is 65.7 Å². The predicted octanol–water partition coefficient (Wildman–Crippen LogP) is 0.263. The number of guanidine groups is 1. The van der Waals surface area contributed by atoms with Crippen LogP contribution in [0.25, 0.3) is 0 Å². The van der Waals surface area contributed by atoms with Gasteiger partial charge in [0.25, 0.3) is 0 Å². The summed E-state index contributed by atoms with van der Waals surface area (Å²) < 4.78 is 5.07. The first-order valence-corrected chi connectivity index (χ1v) is 11.6. The Morgan fingerprint density at radius 3 is 2.11 bits per heavy atom. The van der Waals surface area contributed by atoms with E-state index < -0.39 is 42.5 Å². The number of nitrogens with zero attached hydrogens (tertiary/aromatic N) is 1. The van der Waals surface area contributed by atoms with E-state index >= 15 is 0 Å². The van der Waals surface area contributed by atoms with Crippen molar-refractivity contribution in [1.82, 2.24) is 16.0 Å². The summed E-state index contributed by atoms with van der Waals surface area (Å²) in [6.45, 7) is -0.196. The first kappa shape index (κ1) is 28.6. The number of hydrogen-bond acceptors (Lipinski definition) is 6. The molecule has 0 aliphatic rings. The van der Waals surface area contributed by atoms with Crippen LogP contribution in [0.5, 0.6) is 0 Å². The zero-order valence-electron chi connectivity index (χ0n) is 20.3. The summed E-state index contributed by atoms with van der Waals surface area (Å²) in [5.41, 5.74) is 12.1. The molecule has 0 aromatic heterocycles. The molecular formula is C25H32N6O6. The van der Waals surface area contributed by atoms with Crippen molar-refractivity contribution in [1.29, 1.82) is 0 Å². The fraction of sp³-hybridized carbons (Fsp3) is 0.320. The van der Waals surface area contributed by atoms with Gasteiger partial charge in [-0.1, -0.05) is 60.7 Å². The van der Waals surface area contributed by atoms with Gasteiger partial charge in [0.15, 0.2) is 5.96 Å². The van der Waals surface area contributed by atoms with Gasteiger partial charge >= 0.3 is 12.1 Å². The molecule has 2 aromatic rings. The molecule has 2 atom stereocenters.